The number of benzene rings is 1. The van der Waals surface area contributed by atoms with Crippen LogP contribution < -0.4 is 4.74 Å². The molecule has 2 aliphatic rings. The topological polar surface area (TPSA) is 51.2 Å². The summed E-state index contributed by atoms with van der Waals surface area (Å²) in [5.41, 5.74) is 1.07. The number of carbonyl (C=O) groups excluding carboxylic acids is 1. The Balaban J connectivity index is 1.64. The van der Waals surface area contributed by atoms with Crippen LogP contribution >= 0.6 is 0 Å². The molecule has 1 unspecified atom stereocenters. The molecule has 2 heterocycles. The molecule has 6 heteroatoms. The van der Waals surface area contributed by atoms with Gasteiger partial charge in [-0.15, -0.1) is 0 Å². The van der Waals surface area contributed by atoms with Crippen molar-refractivity contribution < 1.29 is 19.0 Å². The van der Waals surface area contributed by atoms with Crippen molar-refractivity contribution in [3.63, 3.8) is 0 Å². The number of rotatable bonds is 2. The van der Waals surface area contributed by atoms with Crippen LogP contribution in [0.15, 0.2) is 24.3 Å². The quantitative estimate of drug-likeness (QED) is 0.831. The van der Waals surface area contributed by atoms with E-state index < -0.39 is 0 Å². The Bertz CT molecular complexity index is 499. The minimum atomic E-state index is -0.0790. The fourth-order valence-electron chi connectivity index (χ4n) is 2.80. The van der Waals surface area contributed by atoms with Gasteiger partial charge in [-0.3, -0.25) is 0 Å². The molecular weight excluding hydrogens is 284 g/mol. The Morgan fingerprint density at radius 3 is 2.45 bits per heavy atom. The molecular formula is C16H22N2O4. The van der Waals surface area contributed by atoms with E-state index in [0.717, 1.165) is 11.3 Å². The average molecular weight is 306 g/mol. The van der Waals surface area contributed by atoms with Crippen LogP contribution in [0.4, 0.5) is 4.79 Å². The molecule has 3 rings (SSSR count). The first kappa shape index (κ1) is 15.1. The van der Waals surface area contributed by atoms with Gasteiger partial charge in [0.25, 0.3) is 0 Å². The van der Waals surface area contributed by atoms with E-state index >= 15 is 0 Å². The highest BCUT2D eigenvalue weighted by Crippen LogP contribution is 2.25. The zero-order chi connectivity index (χ0) is 15.4. The number of morpholine rings is 2. The van der Waals surface area contributed by atoms with Crippen molar-refractivity contribution in [2.24, 2.45) is 0 Å². The monoisotopic (exact) mass is 306 g/mol. The van der Waals surface area contributed by atoms with Crippen LogP contribution in [-0.4, -0.2) is 68.9 Å². The zero-order valence-electron chi connectivity index (χ0n) is 12.9. The summed E-state index contributed by atoms with van der Waals surface area (Å²) in [7, 11) is 1.65. The molecule has 2 amide bonds. The Labute approximate surface area is 130 Å². The van der Waals surface area contributed by atoms with Gasteiger partial charge in [0, 0.05) is 19.6 Å². The van der Waals surface area contributed by atoms with Gasteiger partial charge in [-0.05, 0) is 17.7 Å². The largest absolute Gasteiger partial charge is 0.497 e. The number of hydrogen-bond donors (Lipinski definition) is 0. The highest BCUT2D eigenvalue weighted by atomic mass is 16.5. The lowest BCUT2D eigenvalue weighted by molar-refractivity contribution is -0.0265. The molecule has 1 aromatic carbocycles. The fraction of sp³-hybridized carbons (Fsp3) is 0.562. The molecule has 0 saturated carbocycles. The first-order valence-electron chi connectivity index (χ1n) is 7.65. The smallest absolute Gasteiger partial charge is 0.320 e. The SMILES string of the molecule is COc1ccc(C2CN(C(=O)N3CCOCC3)CCO2)cc1. The third kappa shape index (κ3) is 3.34. The minimum absolute atomic E-state index is 0.0790. The minimum Gasteiger partial charge on any atom is -0.497 e. The van der Waals surface area contributed by atoms with Crippen molar-refractivity contribution in [2.75, 3.05) is 53.1 Å². The Morgan fingerprint density at radius 1 is 1.09 bits per heavy atom. The summed E-state index contributed by atoms with van der Waals surface area (Å²) < 4.78 is 16.3. The van der Waals surface area contributed by atoms with Gasteiger partial charge >= 0.3 is 6.03 Å². The molecule has 0 aliphatic carbocycles. The zero-order valence-corrected chi connectivity index (χ0v) is 12.9. The Hall–Kier alpha value is -1.79. The van der Waals surface area contributed by atoms with Crippen molar-refractivity contribution >= 4 is 6.03 Å². The molecule has 1 atom stereocenters. The normalized spacial score (nSPS) is 22.5. The third-order valence-electron chi connectivity index (χ3n) is 4.11. The van der Waals surface area contributed by atoms with Crippen molar-refractivity contribution in [2.45, 2.75) is 6.10 Å². The summed E-state index contributed by atoms with van der Waals surface area (Å²) in [6.07, 6.45) is -0.0790. The molecule has 22 heavy (non-hydrogen) atoms. The van der Waals surface area contributed by atoms with Crippen LogP contribution in [0.25, 0.3) is 0 Å². The number of amides is 2. The molecule has 0 N–H and O–H groups in total. The average Bonchev–Trinajstić information content (AvgIpc) is 2.62. The van der Waals surface area contributed by atoms with Crippen LogP contribution in [-0.2, 0) is 9.47 Å². The van der Waals surface area contributed by atoms with E-state index in [2.05, 4.69) is 0 Å². The van der Waals surface area contributed by atoms with Gasteiger partial charge in [0.2, 0.25) is 0 Å². The van der Waals surface area contributed by atoms with Crippen LogP contribution in [0.5, 0.6) is 5.75 Å². The molecule has 2 fully saturated rings. The summed E-state index contributed by atoms with van der Waals surface area (Å²) >= 11 is 0. The van der Waals surface area contributed by atoms with Gasteiger partial charge in [-0.1, -0.05) is 12.1 Å². The lowest BCUT2D eigenvalue weighted by Crippen LogP contribution is -2.51. The summed E-state index contributed by atoms with van der Waals surface area (Å²) in [5.74, 6) is 0.820. The fourth-order valence-corrected chi connectivity index (χ4v) is 2.80. The lowest BCUT2D eigenvalue weighted by atomic mass is 10.1. The van der Waals surface area contributed by atoms with E-state index in [1.807, 2.05) is 34.1 Å². The van der Waals surface area contributed by atoms with E-state index in [9.17, 15) is 4.79 Å². The van der Waals surface area contributed by atoms with Gasteiger partial charge in [0.15, 0.2) is 0 Å². The molecule has 6 nitrogen and oxygen atoms in total. The number of methoxy groups -OCH3 is 1. The van der Waals surface area contributed by atoms with E-state index in [4.69, 9.17) is 14.2 Å². The molecule has 2 saturated heterocycles. The van der Waals surface area contributed by atoms with Crippen LogP contribution in [0.3, 0.4) is 0 Å². The van der Waals surface area contributed by atoms with Crippen molar-refractivity contribution in [1.82, 2.24) is 9.80 Å². The molecule has 0 spiro atoms. The van der Waals surface area contributed by atoms with Crippen molar-refractivity contribution in [1.29, 1.82) is 0 Å². The number of nitrogens with zero attached hydrogens (tertiary/aromatic N) is 2. The highest BCUT2D eigenvalue weighted by molar-refractivity contribution is 5.74. The highest BCUT2D eigenvalue weighted by Gasteiger charge is 2.29. The first-order chi connectivity index (χ1) is 10.8. The molecule has 0 bridgehead atoms. The number of hydrogen-bond acceptors (Lipinski definition) is 4. The van der Waals surface area contributed by atoms with Crippen molar-refractivity contribution in [3.8, 4) is 5.75 Å². The standard InChI is InChI=1S/C16H22N2O4/c1-20-14-4-2-13(3-5-14)15-12-18(8-11-22-15)16(19)17-6-9-21-10-7-17/h2-5,15H,6-12H2,1H3. The number of ether oxygens (including phenoxy) is 3. The van der Waals surface area contributed by atoms with E-state index in [-0.39, 0.29) is 12.1 Å². The number of urea groups is 1. The van der Waals surface area contributed by atoms with Crippen LogP contribution in [0, 0.1) is 0 Å². The van der Waals surface area contributed by atoms with E-state index in [1.165, 1.54) is 0 Å². The van der Waals surface area contributed by atoms with Gasteiger partial charge in [-0.2, -0.15) is 0 Å². The second-order valence-electron chi connectivity index (χ2n) is 5.46. The van der Waals surface area contributed by atoms with E-state index in [0.29, 0.717) is 46.0 Å². The maximum Gasteiger partial charge on any atom is 0.320 e. The summed E-state index contributed by atoms with van der Waals surface area (Å²) in [6.45, 7) is 4.38. The van der Waals surface area contributed by atoms with Crippen molar-refractivity contribution in [3.05, 3.63) is 29.8 Å². The van der Waals surface area contributed by atoms with Crippen LogP contribution in [0.1, 0.15) is 11.7 Å². The third-order valence-corrected chi connectivity index (χ3v) is 4.11. The second-order valence-corrected chi connectivity index (χ2v) is 5.46. The summed E-state index contributed by atoms with van der Waals surface area (Å²) in [5, 5.41) is 0. The predicted molar refractivity (Wildman–Crippen MR) is 81.0 cm³/mol. The second kappa shape index (κ2) is 6.98. The van der Waals surface area contributed by atoms with Gasteiger partial charge < -0.3 is 24.0 Å². The summed E-state index contributed by atoms with van der Waals surface area (Å²) in [4.78, 5) is 16.3. The maximum absolute atomic E-state index is 12.6. The lowest BCUT2D eigenvalue weighted by Gasteiger charge is -2.37. The molecule has 0 aromatic heterocycles. The molecule has 1 aromatic rings. The van der Waals surface area contributed by atoms with Gasteiger partial charge in [0.1, 0.15) is 11.9 Å². The molecule has 120 valence electrons. The summed E-state index contributed by atoms with van der Waals surface area (Å²) in [6, 6.07) is 7.91. The predicted octanol–water partition coefficient (Wildman–Crippen LogP) is 1.52. The Morgan fingerprint density at radius 2 is 1.77 bits per heavy atom. The van der Waals surface area contributed by atoms with E-state index in [1.54, 1.807) is 7.11 Å². The van der Waals surface area contributed by atoms with Crippen LogP contribution in [0.2, 0.25) is 0 Å². The first-order valence-corrected chi connectivity index (χ1v) is 7.65. The maximum atomic E-state index is 12.6. The molecule has 0 radical (unpaired) electrons. The van der Waals surface area contributed by atoms with Gasteiger partial charge in [-0.25, -0.2) is 4.79 Å². The molecule has 2 aliphatic heterocycles. The Kier molecular flexibility index (Phi) is 4.80. The van der Waals surface area contributed by atoms with Gasteiger partial charge in [0.05, 0.1) is 33.5 Å². The number of carbonyl (C=O) groups is 1.